The van der Waals surface area contributed by atoms with Crippen LogP contribution in [-0.4, -0.2) is 38.4 Å². The first-order valence-electron chi connectivity index (χ1n) is 6.01. The van der Waals surface area contributed by atoms with Crippen LogP contribution in [0.3, 0.4) is 0 Å². The molecule has 0 aromatic rings. The fraction of sp³-hybridized carbons (Fsp3) is 1.00. The number of ether oxygens (including phenoxy) is 1. The minimum Gasteiger partial charge on any atom is -0.378 e. The maximum Gasteiger partial charge on any atom is 0.0588 e. The van der Waals surface area contributed by atoms with Crippen LogP contribution in [0.15, 0.2) is 0 Å². The monoisotopic (exact) mass is 198 g/mol. The normalized spacial score (nSPS) is 33.4. The van der Waals surface area contributed by atoms with Crippen molar-refractivity contribution in [1.82, 2.24) is 10.6 Å². The molecule has 2 saturated heterocycles. The van der Waals surface area contributed by atoms with E-state index in [-0.39, 0.29) is 0 Å². The zero-order valence-corrected chi connectivity index (χ0v) is 8.93. The molecule has 0 aromatic heterocycles. The Morgan fingerprint density at radius 2 is 2.29 bits per heavy atom. The molecule has 2 unspecified atom stereocenters. The topological polar surface area (TPSA) is 33.3 Å². The molecule has 0 amide bonds. The summed E-state index contributed by atoms with van der Waals surface area (Å²) in [7, 11) is 0. The van der Waals surface area contributed by atoms with Crippen molar-refractivity contribution in [3.8, 4) is 0 Å². The van der Waals surface area contributed by atoms with Crippen LogP contribution in [0.4, 0.5) is 0 Å². The van der Waals surface area contributed by atoms with Gasteiger partial charge in [-0.2, -0.15) is 0 Å². The lowest BCUT2D eigenvalue weighted by atomic mass is 10.1. The molecule has 2 heterocycles. The summed E-state index contributed by atoms with van der Waals surface area (Å²) in [6.45, 7) is 4.45. The molecule has 0 spiro atoms. The molecular formula is C11H22N2O. The number of piperidine rings is 1. The first-order valence-corrected chi connectivity index (χ1v) is 6.01. The fourth-order valence-electron chi connectivity index (χ4n) is 2.35. The average Bonchev–Trinajstić information content (AvgIpc) is 2.72. The Hall–Kier alpha value is -0.120. The summed E-state index contributed by atoms with van der Waals surface area (Å²) >= 11 is 0. The van der Waals surface area contributed by atoms with E-state index in [4.69, 9.17) is 4.74 Å². The van der Waals surface area contributed by atoms with Gasteiger partial charge in [0, 0.05) is 19.2 Å². The highest BCUT2D eigenvalue weighted by atomic mass is 16.5. The van der Waals surface area contributed by atoms with Crippen LogP contribution in [0.1, 0.15) is 32.1 Å². The molecule has 0 radical (unpaired) electrons. The second-order valence-electron chi connectivity index (χ2n) is 4.42. The second kappa shape index (κ2) is 5.69. The highest BCUT2D eigenvalue weighted by Crippen LogP contribution is 2.14. The molecule has 2 aliphatic heterocycles. The van der Waals surface area contributed by atoms with Gasteiger partial charge in [0.25, 0.3) is 0 Å². The van der Waals surface area contributed by atoms with E-state index in [1.807, 2.05) is 0 Å². The van der Waals surface area contributed by atoms with Crippen LogP contribution in [0.5, 0.6) is 0 Å². The summed E-state index contributed by atoms with van der Waals surface area (Å²) in [6, 6.07) is 0.699. The molecule has 0 aliphatic carbocycles. The lowest BCUT2D eigenvalue weighted by molar-refractivity contribution is 0.103. The van der Waals surface area contributed by atoms with Crippen molar-refractivity contribution in [2.45, 2.75) is 44.2 Å². The van der Waals surface area contributed by atoms with Gasteiger partial charge < -0.3 is 15.4 Å². The Labute approximate surface area is 86.6 Å². The van der Waals surface area contributed by atoms with E-state index in [0.29, 0.717) is 12.1 Å². The molecule has 3 heteroatoms. The van der Waals surface area contributed by atoms with E-state index in [9.17, 15) is 0 Å². The van der Waals surface area contributed by atoms with Crippen molar-refractivity contribution >= 4 is 0 Å². The van der Waals surface area contributed by atoms with Crippen LogP contribution >= 0.6 is 0 Å². The molecule has 0 aromatic carbocycles. The third-order valence-electron chi connectivity index (χ3n) is 3.22. The van der Waals surface area contributed by atoms with Crippen LogP contribution in [0, 0.1) is 0 Å². The van der Waals surface area contributed by atoms with Crippen molar-refractivity contribution in [3.63, 3.8) is 0 Å². The van der Waals surface area contributed by atoms with Crippen molar-refractivity contribution in [2.24, 2.45) is 0 Å². The summed E-state index contributed by atoms with van der Waals surface area (Å²) in [6.07, 6.45) is 6.91. The summed E-state index contributed by atoms with van der Waals surface area (Å²) in [5.74, 6) is 0. The SMILES string of the molecule is C1CNCC(NCCC2CCCO2)C1. The Morgan fingerprint density at radius 3 is 3.00 bits per heavy atom. The Kier molecular flexibility index (Phi) is 4.22. The molecule has 2 N–H and O–H groups in total. The lowest BCUT2D eigenvalue weighted by Crippen LogP contribution is -2.43. The first kappa shape index (κ1) is 10.4. The van der Waals surface area contributed by atoms with Crippen molar-refractivity contribution in [2.75, 3.05) is 26.2 Å². The lowest BCUT2D eigenvalue weighted by Gasteiger charge is -2.24. The molecule has 0 bridgehead atoms. The summed E-state index contributed by atoms with van der Waals surface area (Å²) in [5, 5.41) is 7.03. The number of hydrogen-bond donors (Lipinski definition) is 2. The van der Waals surface area contributed by atoms with Crippen LogP contribution in [0.2, 0.25) is 0 Å². The molecule has 2 fully saturated rings. The Morgan fingerprint density at radius 1 is 1.29 bits per heavy atom. The molecule has 3 nitrogen and oxygen atoms in total. The quantitative estimate of drug-likeness (QED) is 0.704. The maximum absolute atomic E-state index is 5.59. The molecule has 2 rings (SSSR count). The van der Waals surface area contributed by atoms with Gasteiger partial charge in [0.1, 0.15) is 0 Å². The minimum absolute atomic E-state index is 0.541. The Bertz CT molecular complexity index is 151. The van der Waals surface area contributed by atoms with Crippen LogP contribution < -0.4 is 10.6 Å². The van der Waals surface area contributed by atoms with E-state index in [1.165, 1.54) is 38.6 Å². The molecule has 2 atom stereocenters. The highest BCUT2D eigenvalue weighted by Gasteiger charge is 2.16. The molecule has 14 heavy (non-hydrogen) atoms. The van der Waals surface area contributed by atoms with Crippen molar-refractivity contribution in [3.05, 3.63) is 0 Å². The van der Waals surface area contributed by atoms with E-state index < -0.39 is 0 Å². The van der Waals surface area contributed by atoms with Gasteiger partial charge in [-0.25, -0.2) is 0 Å². The van der Waals surface area contributed by atoms with Crippen molar-refractivity contribution < 1.29 is 4.74 Å². The van der Waals surface area contributed by atoms with Gasteiger partial charge in [-0.1, -0.05) is 0 Å². The molecule has 0 saturated carbocycles. The van der Waals surface area contributed by atoms with E-state index >= 15 is 0 Å². The van der Waals surface area contributed by atoms with E-state index in [1.54, 1.807) is 0 Å². The third kappa shape index (κ3) is 3.23. The van der Waals surface area contributed by atoms with E-state index in [2.05, 4.69) is 10.6 Å². The summed E-state index contributed by atoms with van der Waals surface area (Å²) < 4.78 is 5.59. The van der Waals surface area contributed by atoms with Crippen molar-refractivity contribution in [1.29, 1.82) is 0 Å². The molecule has 2 aliphatic rings. The van der Waals surface area contributed by atoms with Gasteiger partial charge in [-0.3, -0.25) is 0 Å². The summed E-state index contributed by atoms with van der Waals surface area (Å²) in [4.78, 5) is 0. The van der Waals surface area contributed by atoms with Gasteiger partial charge in [-0.05, 0) is 45.2 Å². The summed E-state index contributed by atoms with van der Waals surface area (Å²) in [5.41, 5.74) is 0. The maximum atomic E-state index is 5.59. The standard InChI is InChI=1S/C11H22N2O/c1-3-10(9-12-6-1)13-7-5-11-4-2-8-14-11/h10-13H,1-9H2. The number of nitrogens with one attached hydrogen (secondary N) is 2. The first-order chi connectivity index (χ1) is 6.95. The average molecular weight is 198 g/mol. The largest absolute Gasteiger partial charge is 0.378 e. The zero-order valence-electron chi connectivity index (χ0n) is 8.93. The van der Waals surface area contributed by atoms with Crippen LogP contribution in [-0.2, 0) is 4.74 Å². The third-order valence-corrected chi connectivity index (χ3v) is 3.22. The number of rotatable bonds is 4. The Balaban J connectivity index is 1.52. The zero-order chi connectivity index (χ0) is 9.64. The predicted octanol–water partition coefficient (Wildman–Crippen LogP) is 0.897. The van der Waals surface area contributed by atoms with Crippen LogP contribution in [0.25, 0.3) is 0 Å². The molecule has 82 valence electrons. The second-order valence-corrected chi connectivity index (χ2v) is 4.42. The predicted molar refractivity (Wildman–Crippen MR) is 57.5 cm³/mol. The molecular weight excluding hydrogens is 176 g/mol. The fourth-order valence-corrected chi connectivity index (χ4v) is 2.35. The van der Waals surface area contributed by atoms with E-state index in [0.717, 1.165) is 19.7 Å². The van der Waals surface area contributed by atoms with Gasteiger partial charge in [-0.15, -0.1) is 0 Å². The van der Waals surface area contributed by atoms with Gasteiger partial charge in [0.05, 0.1) is 6.10 Å². The van der Waals surface area contributed by atoms with Gasteiger partial charge in [0.2, 0.25) is 0 Å². The van der Waals surface area contributed by atoms with Gasteiger partial charge in [0.15, 0.2) is 0 Å². The highest BCUT2D eigenvalue weighted by molar-refractivity contribution is 4.76. The van der Waals surface area contributed by atoms with Gasteiger partial charge >= 0.3 is 0 Å². The smallest absolute Gasteiger partial charge is 0.0588 e. The minimum atomic E-state index is 0.541. The number of hydrogen-bond acceptors (Lipinski definition) is 3.